The molecule has 0 radical (unpaired) electrons. The molecule has 0 bridgehead atoms. The average Bonchev–Trinajstić information content (AvgIpc) is 1.00. The summed E-state index contributed by atoms with van der Waals surface area (Å²) < 4.78 is 0. The third kappa shape index (κ3) is 9.41. The molecule has 0 aliphatic rings. The van der Waals surface area contributed by atoms with Gasteiger partial charge >= 0.3 is 29.6 Å². The minimum Gasteiger partial charge on any atom is -1.00 e. The molecule has 0 saturated heterocycles. The minimum atomic E-state index is 0. The number of halogens is 1. The van der Waals surface area contributed by atoms with Crippen LogP contribution >= 0.6 is 0 Å². The van der Waals surface area contributed by atoms with Gasteiger partial charge in [0.05, 0.1) is 0 Å². The topological polar surface area (TPSA) is 40.5 Å². The summed E-state index contributed by atoms with van der Waals surface area (Å²) in [5.41, 5.74) is 0. The fourth-order valence-electron chi connectivity index (χ4n) is 0. The zero-order valence-corrected chi connectivity index (χ0v) is 6.43. The molecule has 0 spiro atoms. The molecule has 4 heteroatoms. The van der Waals surface area contributed by atoms with Gasteiger partial charge in [0.1, 0.15) is 0 Å². The van der Waals surface area contributed by atoms with Crippen LogP contribution in [0.2, 0.25) is 0 Å². The van der Waals surface area contributed by atoms with Gasteiger partial charge in [-0.15, -0.1) is 0 Å². The van der Waals surface area contributed by atoms with Crippen molar-refractivity contribution in [3.63, 3.8) is 0 Å². The van der Waals surface area contributed by atoms with Crippen LogP contribution in [0.4, 0.5) is 0 Å². The molecule has 2 N–H and O–H groups in total. The Labute approximate surface area is 63.4 Å². The standard InChI is InChI=1S/HI.Na.H2O2/c;;1-2/h1H;;1-2H/q;+1;/p-1. The van der Waals surface area contributed by atoms with Crippen LogP contribution in [0.3, 0.4) is 0 Å². The van der Waals surface area contributed by atoms with Crippen molar-refractivity contribution in [2.24, 2.45) is 0 Å². The third-order valence-corrected chi connectivity index (χ3v) is 0. The summed E-state index contributed by atoms with van der Waals surface area (Å²) in [5.74, 6) is 0. The van der Waals surface area contributed by atoms with Crippen molar-refractivity contribution in [2.75, 3.05) is 0 Å². The van der Waals surface area contributed by atoms with Gasteiger partial charge in [0.25, 0.3) is 0 Å². The molecule has 0 unspecified atom stereocenters. The van der Waals surface area contributed by atoms with E-state index >= 15 is 0 Å². The maximum atomic E-state index is 6.00. The quantitative estimate of drug-likeness (QED) is 0.170. The molecule has 4 heavy (non-hydrogen) atoms. The molecular formula is H2INaO2. The number of hydrogen-bond acceptors (Lipinski definition) is 2. The maximum absolute atomic E-state index is 6.00. The molecule has 0 amide bonds. The van der Waals surface area contributed by atoms with Crippen LogP contribution in [0.15, 0.2) is 0 Å². The molecule has 2 nitrogen and oxygen atoms in total. The molecule has 0 aliphatic carbocycles. The van der Waals surface area contributed by atoms with Crippen LogP contribution in [0, 0.1) is 0 Å². The summed E-state index contributed by atoms with van der Waals surface area (Å²) in [6.45, 7) is 0. The molecule has 0 aliphatic heterocycles. The summed E-state index contributed by atoms with van der Waals surface area (Å²) in [6, 6.07) is 0. The molecule has 0 aromatic carbocycles. The smallest absolute Gasteiger partial charge is 1.00 e. The number of hydrogen-bond donors (Lipinski definition) is 2. The zero-order valence-electron chi connectivity index (χ0n) is 2.27. The largest absolute Gasteiger partial charge is 1.00 e. The van der Waals surface area contributed by atoms with Gasteiger partial charge in [-0.2, -0.15) is 0 Å². The van der Waals surface area contributed by atoms with Crippen molar-refractivity contribution in [1.29, 1.82) is 0 Å². The summed E-state index contributed by atoms with van der Waals surface area (Å²) in [5, 5.41) is 12.0. The van der Waals surface area contributed by atoms with Crippen LogP contribution in [0.25, 0.3) is 0 Å². The van der Waals surface area contributed by atoms with Gasteiger partial charge in [-0.05, 0) is 0 Å². The molecule has 0 fully saturated rings. The molecule has 0 rings (SSSR count). The van der Waals surface area contributed by atoms with E-state index in [0.29, 0.717) is 0 Å². The Bertz CT molecular complexity index is 6.00. The van der Waals surface area contributed by atoms with E-state index in [-0.39, 0.29) is 53.5 Å². The minimum absolute atomic E-state index is 0. The van der Waals surface area contributed by atoms with E-state index in [1.54, 1.807) is 0 Å². The van der Waals surface area contributed by atoms with Crippen molar-refractivity contribution < 1.29 is 64.0 Å². The first kappa shape index (κ1) is 17.4. The van der Waals surface area contributed by atoms with Gasteiger partial charge < -0.3 is 24.0 Å². The fraction of sp³-hybridized carbons (Fsp3) is 0. The van der Waals surface area contributed by atoms with E-state index in [0.717, 1.165) is 0 Å². The Morgan fingerprint density at radius 1 is 1.00 bits per heavy atom. The average molecular weight is 184 g/mol. The second-order valence-corrected chi connectivity index (χ2v) is 0. The summed E-state index contributed by atoms with van der Waals surface area (Å²) in [6.07, 6.45) is 0. The van der Waals surface area contributed by atoms with E-state index < -0.39 is 0 Å². The van der Waals surface area contributed by atoms with E-state index in [9.17, 15) is 0 Å². The van der Waals surface area contributed by atoms with Crippen LogP contribution in [-0.4, -0.2) is 10.5 Å². The van der Waals surface area contributed by atoms with Crippen molar-refractivity contribution >= 4 is 0 Å². The van der Waals surface area contributed by atoms with Crippen LogP contribution in [0.1, 0.15) is 0 Å². The van der Waals surface area contributed by atoms with E-state index in [1.165, 1.54) is 0 Å². The Morgan fingerprint density at radius 3 is 1.00 bits per heavy atom. The Kier molecular flexibility index (Phi) is 99.0. The van der Waals surface area contributed by atoms with E-state index in [2.05, 4.69) is 0 Å². The molecular weight excluding hydrogens is 182 g/mol. The van der Waals surface area contributed by atoms with Gasteiger partial charge in [0.2, 0.25) is 0 Å². The van der Waals surface area contributed by atoms with E-state index in [1.807, 2.05) is 0 Å². The van der Waals surface area contributed by atoms with Gasteiger partial charge in [0.15, 0.2) is 0 Å². The fourth-order valence-corrected chi connectivity index (χ4v) is 0. The van der Waals surface area contributed by atoms with Gasteiger partial charge in [-0.25, -0.2) is 0 Å². The first-order chi connectivity index (χ1) is 1.00. The van der Waals surface area contributed by atoms with Crippen LogP contribution < -0.4 is 53.5 Å². The zero-order chi connectivity index (χ0) is 2.00. The normalized spacial score (nSPS) is 1.50. The molecule has 0 atom stereocenters. The number of rotatable bonds is 0. The SMILES string of the molecule is OO.[I-].[Na+]. The second kappa shape index (κ2) is 22.8. The van der Waals surface area contributed by atoms with Gasteiger partial charge in [-0.3, -0.25) is 10.5 Å². The Balaban J connectivity index is -0.00000000500. The molecule has 0 heterocycles. The predicted molar refractivity (Wildman–Crippen MR) is 5.26 cm³/mol. The molecule has 22 valence electrons. The van der Waals surface area contributed by atoms with Crippen molar-refractivity contribution in [3.8, 4) is 0 Å². The summed E-state index contributed by atoms with van der Waals surface area (Å²) in [4.78, 5) is 0. The summed E-state index contributed by atoms with van der Waals surface area (Å²) in [7, 11) is 0. The van der Waals surface area contributed by atoms with Crippen LogP contribution in [0.5, 0.6) is 0 Å². The van der Waals surface area contributed by atoms with Crippen molar-refractivity contribution in [3.05, 3.63) is 0 Å². The Hall–Kier alpha value is 1.65. The molecule has 0 saturated carbocycles. The Morgan fingerprint density at radius 2 is 1.00 bits per heavy atom. The molecule has 0 aromatic heterocycles. The molecule has 0 aromatic rings. The van der Waals surface area contributed by atoms with Gasteiger partial charge in [-0.1, -0.05) is 0 Å². The first-order valence-corrected chi connectivity index (χ1v) is 0.200. The second-order valence-electron chi connectivity index (χ2n) is 0. The maximum Gasteiger partial charge on any atom is 1.00 e. The summed E-state index contributed by atoms with van der Waals surface area (Å²) >= 11 is 0. The van der Waals surface area contributed by atoms with Crippen molar-refractivity contribution in [2.45, 2.75) is 0 Å². The predicted octanol–water partition coefficient (Wildman–Crippen LogP) is -5.97. The first-order valence-electron chi connectivity index (χ1n) is 0.200. The van der Waals surface area contributed by atoms with Crippen molar-refractivity contribution in [1.82, 2.24) is 0 Å². The van der Waals surface area contributed by atoms with E-state index in [4.69, 9.17) is 10.5 Å². The van der Waals surface area contributed by atoms with Crippen LogP contribution in [-0.2, 0) is 0 Å². The van der Waals surface area contributed by atoms with Gasteiger partial charge in [0, 0.05) is 0 Å². The third-order valence-electron chi connectivity index (χ3n) is 0. The monoisotopic (exact) mass is 184 g/mol.